The number of imidazole rings is 1. The molecule has 1 fully saturated rings. The van der Waals surface area contributed by atoms with Gasteiger partial charge < -0.3 is 26.7 Å². The summed E-state index contributed by atoms with van der Waals surface area (Å²) in [4.78, 5) is 53.4. The smallest absolute Gasteiger partial charge is 0.244 e. The van der Waals surface area contributed by atoms with Crippen LogP contribution < -0.4 is 21.7 Å². The fourth-order valence-corrected chi connectivity index (χ4v) is 3.19. The average molecular weight is 413 g/mol. The number of carbonyl (C=O) groups excluding carboxylic acids is 4. The second-order valence-electron chi connectivity index (χ2n) is 6.28. The van der Waals surface area contributed by atoms with E-state index in [9.17, 15) is 19.2 Å². The van der Waals surface area contributed by atoms with Crippen LogP contribution in [0.3, 0.4) is 0 Å². The molecule has 0 aromatic carbocycles. The first kappa shape index (κ1) is 23.5. The molecule has 1 saturated heterocycles. The van der Waals surface area contributed by atoms with Crippen molar-refractivity contribution in [2.24, 2.45) is 5.73 Å². The number of aromatic amines is 1. The lowest BCUT2D eigenvalue weighted by Crippen LogP contribution is -2.58. The molecule has 1 aromatic rings. The predicted molar refractivity (Wildman–Crippen MR) is 106 cm³/mol. The number of primary amides is 1. The van der Waals surface area contributed by atoms with Crippen LogP contribution in [0.4, 0.5) is 0 Å². The number of nitrogens with two attached hydrogens (primary N) is 1. The Bertz CT molecular complexity index is 637. The monoisotopic (exact) mass is 412 g/mol. The Kier molecular flexibility index (Phi) is 10.1. The topological polar surface area (TPSA) is 159 Å². The van der Waals surface area contributed by atoms with Crippen molar-refractivity contribution >= 4 is 35.4 Å². The number of aromatic nitrogens is 2. The molecule has 0 radical (unpaired) electrons. The normalized spacial score (nSPS) is 20.6. The number of hydrogen-bond acceptors (Lipinski definition) is 6. The number of nitrogens with zero attached hydrogens (tertiary/aromatic N) is 1. The summed E-state index contributed by atoms with van der Waals surface area (Å²) >= 11 is 1.38. The Morgan fingerprint density at radius 1 is 1.39 bits per heavy atom. The van der Waals surface area contributed by atoms with Crippen LogP contribution in [0.15, 0.2) is 18.7 Å². The van der Waals surface area contributed by atoms with Crippen LogP contribution in [0.2, 0.25) is 0 Å². The Balaban J connectivity index is 0.000000674. The van der Waals surface area contributed by atoms with Crippen molar-refractivity contribution in [1.29, 1.82) is 0 Å². The Morgan fingerprint density at radius 2 is 2.11 bits per heavy atom. The summed E-state index contributed by atoms with van der Waals surface area (Å²) in [6, 6.07) is -2.25. The molecule has 10 nitrogen and oxygen atoms in total. The third-order valence-corrected chi connectivity index (χ3v) is 5.15. The average Bonchev–Trinajstić information content (AvgIpc) is 3.23. The molecular weight excluding hydrogens is 384 g/mol. The van der Waals surface area contributed by atoms with Crippen LogP contribution in [-0.2, 0) is 19.2 Å². The van der Waals surface area contributed by atoms with Crippen molar-refractivity contribution in [1.82, 2.24) is 25.9 Å². The fourth-order valence-electron chi connectivity index (χ4n) is 2.25. The zero-order valence-corrected chi connectivity index (χ0v) is 17.0. The summed E-state index contributed by atoms with van der Waals surface area (Å²) in [6.07, 6.45) is 6.22. The summed E-state index contributed by atoms with van der Waals surface area (Å²) in [6.45, 7) is 5.15. The van der Waals surface area contributed by atoms with Gasteiger partial charge in [-0.05, 0) is 20.3 Å². The van der Waals surface area contributed by atoms with E-state index in [1.54, 1.807) is 25.6 Å². The van der Waals surface area contributed by atoms with E-state index in [1.165, 1.54) is 18.7 Å². The minimum atomic E-state index is -0.831. The van der Waals surface area contributed by atoms with E-state index in [4.69, 9.17) is 5.73 Å². The fraction of sp³-hybridized carbons (Fsp3) is 0.588. The first-order valence-corrected chi connectivity index (χ1v) is 10.1. The molecule has 0 aliphatic carbocycles. The van der Waals surface area contributed by atoms with Crippen molar-refractivity contribution in [2.75, 3.05) is 5.75 Å². The van der Waals surface area contributed by atoms with E-state index >= 15 is 0 Å². The van der Waals surface area contributed by atoms with Crippen molar-refractivity contribution in [3.8, 4) is 0 Å². The summed E-state index contributed by atoms with van der Waals surface area (Å²) in [5, 5.41) is 7.48. The molecule has 4 unspecified atom stereocenters. The molecule has 1 aromatic heterocycles. The zero-order chi connectivity index (χ0) is 21.1. The van der Waals surface area contributed by atoms with Gasteiger partial charge >= 0.3 is 0 Å². The van der Waals surface area contributed by atoms with E-state index < -0.39 is 35.8 Å². The molecular formula is C17H28N6O4S. The lowest BCUT2D eigenvalue weighted by Gasteiger charge is -2.27. The maximum atomic E-state index is 12.1. The zero-order valence-electron chi connectivity index (χ0n) is 16.2. The second kappa shape index (κ2) is 12.0. The van der Waals surface area contributed by atoms with Gasteiger partial charge in [0, 0.05) is 18.1 Å². The predicted octanol–water partition coefficient (Wildman–Crippen LogP) is -0.709. The van der Waals surface area contributed by atoms with Gasteiger partial charge in [0.25, 0.3) is 0 Å². The molecule has 0 saturated carbocycles. The molecule has 0 spiro atoms. The van der Waals surface area contributed by atoms with Gasteiger partial charge in [-0.1, -0.05) is 13.3 Å². The highest BCUT2D eigenvalue weighted by Gasteiger charge is 2.31. The van der Waals surface area contributed by atoms with Crippen molar-refractivity contribution in [3.63, 3.8) is 0 Å². The molecule has 4 amide bonds. The van der Waals surface area contributed by atoms with Gasteiger partial charge in [-0.15, -0.1) is 11.8 Å². The minimum absolute atomic E-state index is 0.190. The third-order valence-electron chi connectivity index (χ3n) is 3.91. The minimum Gasteiger partial charge on any atom is -0.368 e. The largest absolute Gasteiger partial charge is 0.368 e. The van der Waals surface area contributed by atoms with E-state index in [-0.39, 0.29) is 11.2 Å². The van der Waals surface area contributed by atoms with Gasteiger partial charge in [0.05, 0.1) is 11.6 Å². The van der Waals surface area contributed by atoms with Crippen LogP contribution >= 0.6 is 11.8 Å². The number of rotatable bonds is 7. The highest BCUT2D eigenvalue weighted by Crippen LogP contribution is 2.17. The van der Waals surface area contributed by atoms with E-state index in [1.807, 2.05) is 6.92 Å². The van der Waals surface area contributed by atoms with Crippen LogP contribution in [-0.4, -0.2) is 62.7 Å². The van der Waals surface area contributed by atoms with Gasteiger partial charge in [0.2, 0.25) is 23.6 Å². The van der Waals surface area contributed by atoms with Crippen LogP contribution in [0.25, 0.3) is 0 Å². The summed E-state index contributed by atoms with van der Waals surface area (Å²) in [5.41, 5.74) is 5.23. The molecule has 156 valence electrons. The van der Waals surface area contributed by atoms with Crippen molar-refractivity contribution < 1.29 is 19.2 Å². The number of amides is 4. The van der Waals surface area contributed by atoms with E-state index in [0.717, 1.165) is 0 Å². The van der Waals surface area contributed by atoms with E-state index in [0.29, 0.717) is 18.6 Å². The van der Waals surface area contributed by atoms with Gasteiger partial charge in [-0.3, -0.25) is 19.2 Å². The van der Waals surface area contributed by atoms with Crippen molar-refractivity contribution in [3.05, 3.63) is 18.7 Å². The third kappa shape index (κ3) is 7.99. The first-order chi connectivity index (χ1) is 13.3. The van der Waals surface area contributed by atoms with Crippen LogP contribution in [0, 0.1) is 0 Å². The maximum Gasteiger partial charge on any atom is 0.244 e. The van der Waals surface area contributed by atoms with Gasteiger partial charge in [-0.2, -0.15) is 0 Å². The number of H-pyrrole nitrogens is 1. The molecule has 1 aliphatic heterocycles. The highest BCUT2D eigenvalue weighted by molar-refractivity contribution is 8.00. The number of thioether (sulfide) groups is 1. The maximum absolute atomic E-state index is 12.1. The Labute approximate surface area is 168 Å². The molecule has 2 heterocycles. The SMILES string of the molecule is CCCC(NC(=O)C(C)NC(=O)C1CSC(C)C(=O)N1)C(N)=O.c1c[nH]cn1. The van der Waals surface area contributed by atoms with E-state index in [2.05, 4.69) is 25.9 Å². The molecule has 0 bridgehead atoms. The van der Waals surface area contributed by atoms with Crippen LogP contribution in [0.5, 0.6) is 0 Å². The summed E-state index contributed by atoms with van der Waals surface area (Å²) in [7, 11) is 0. The van der Waals surface area contributed by atoms with Gasteiger partial charge in [-0.25, -0.2) is 4.98 Å². The second-order valence-corrected chi connectivity index (χ2v) is 7.65. The molecule has 28 heavy (non-hydrogen) atoms. The van der Waals surface area contributed by atoms with Gasteiger partial charge in [0.15, 0.2) is 0 Å². The Morgan fingerprint density at radius 3 is 2.57 bits per heavy atom. The standard InChI is InChI=1S/C14H24N4O4S.C3H4N2/c1-4-5-9(11(15)19)17-12(20)7(2)16-14(22)10-6-23-8(3)13(21)18-10;1-2-5-3-4-1/h7-10H,4-6H2,1-3H3,(H2,15,19)(H,16,22)(H,17,20)(H,18,21);1-3H,(H,4,5). The number of hydrogen-bond donors (Lipinski definition) is 5. The molecule has 1 aliphatic rings. The molecule has 4 atom stereocenters. The molecule has 6 N–H and O–H groups in total. The van der Waals surface area contributed by atoms with Gasteiger partial charge in [0.1, 0.15) is 18.1 Å². The first-order valence-electron chi connectivity index (χ1n) is 9.01. The molecule has 2 rings (SSSR count). The lowest BCUT2D eigenvalue weighted by atomic mass is 10.1. The quantitative estimate of drug-likeness (QED) is 0.398. The number of nitrogens with one attached hydrogen (secondary N) is 4. The lowest BCUT2D eigenvalue weighted by molar-refractivity contribution is -0.132. The highest BCUT2D eigenvalue weighted by atomic mass is 32.2. The summed E-state index contributed by atoms with van der Waals surface area (Å²) in [5.74, 6) is -1.27. The van der Waals surface area contributed by atoms with Crippen LogP contribution in [0.1, 0.15) is 33.6 Å². The summed E-state index contributed by atoms with van der Waals surface area (Å²) < 4.78 is 0. The molecule has 11 heteroatoms. The number of carbonyl (C=O) groups is 4. The van der Waals surface area contributed by atoms with Crippen molar-refractivity contribution in [2.45, 2.75) is 57.0 Å². The Hall–Kier alpha value is -2.56.